The number of halogens is 3. The standard InChI is InChI=1S/C17H21F3N2O3/c1-11(23)21-15(12-4-2-3-5-12)16(24)22-13-6-8-14(9-7-13)25-10-17(18,19)20/h6-9,12,15H,2-5,10H2,1H3,(H,21,23)(H,22,24). The number of carbonyl (C=O) groups excluding carboxylic acids is 2. The Morgan fingerprint density at radius 1 is 1.20 bits per heavy atom. The van der Waals surface area contributed by atoms with E-state index in [0.717, 1.165) is 25.7 Å². The summed E-state index contributed by atoms with van der Waals surface area (Å²) in [7, 11) is 0. The van der Waals surface area contributed by atoms with Crippen LogP contribution in [0.2, 0.25) is 0 Å². The number of hydrogen-bond acceptors (Lipinski definition) is 3. The van der Waals surface area contributed by atoms with Crippen LogP contribution in [0.25, 0.3) is 0 Å². The molecule has 5 nitrogen and oxygen atoms in total. The Kier molecular flexibility index (Phi) is 6.27. The molecule has 2 N–H and O–H groups in total. The molecule has 0 bridgehead atoms. The molecule has 1 aromatic carbocycles. The minimum absolute atomic E-state index is 0.0597. The van der Waals surface area contributed by atoms with Gasteiger partial charge >= 0.3 is 6.18 Å². The first-order valence-corrected chi connectivity index (χ1v) is 8.12. The van der Waals surface area contributed by atoms with Gasteiger partial charge in [0.2, 0.25) is 11.8 Å². The predicted octanol–water partition coefficient (Wildman–Crippen LogP) is 3.26. The summed E-state index contributed by atoms with van der Waals surface area (Å²) in [6.07, 6.45) is -0.594. The van der Waals surface area contributed by atoms with Gasteiger partial charge in [0.25, 0.3) is 0 Å². The third kappa shape index (κ3) is 6.28. The number of anilines is 1. The number of alkyl halides is 3. The Morgan fingerprint density at radius 2 is 1.80 bits per heavy atom. The Balaban J connectivity index is 1.96. The molecule has 2 amide bonds. The lowest BCUT2D eigenvalue weighted by atomic mass is 9.97. The fourth-order valence-corrected chi connectivity index (χ4v) is 2.93. The molecule has 25 heavy (non-hydrogen) atoms. The molecule has 1 saturated carbocycles. The second-order valence-corrected chi connectivity index (χ2v) is 6.14. The lowest BCUT2D eigenvalue weighted by Gasteiger charge is -2.23. The van der Waals surface area contributed by atoms with E-state index in [1.165, 1.54) is 31.2 Å². The molecular formula is C17H21F3N2O3. The third-order valence-electron chi connectivity index (χ3n) is 4.04. The summed E-state index contributed by atoms with van der Waals surface area (Å²) >= 11 is 0. The highest BCUT2D eigenvalue weighted by Crippen LogP contribution is 2.28. The first-order chi connectivity index (χ1) is 11.7. The number of carbonyl (C=O) groups is 2. The van der Waals surface area contributed by atoms with Crippen LogP contribution in [-0.4, -0.2) is 30.6 Å². The van der Waals surface area contributed by atoms with Crippen LogP contribution >= 0.6 is 0 Å². The van der Waals surface area contributed by atoms with Crippen molar-refractivity contribution in [3.8, 4) is 5.75 Å². The van der Waals surface area contributed by atoms with Gasteiger partial charge in [0, 0.05) is 12.6 Å². The Bertz CT molecular complexity index is 596. The van der Waals surface area contributed by atoms with E-state index in [1.807, 2.05) is 0 Å². The number of hydrogen-bond donors (Lipinski definition) is 2. The quantitative estimate of drug-likeness (QED) is 0.820. The maximum atomic E-state index is 12.5. The Labute approximate surface area is 143 Å². The summed E-state index contributed by atoms with van der Waals surface area (Å²) in [4.78, 5) is 23.8. The maximum Gasteiger partial charge on any atom is 0.422 e. The van der Waals surface area contributed by atoms with Crippen molar-refractivity contribution in [2.45, 2.75) is 44.8 Å². The topological polar surface area (TPSA) is 67.4 Å². The van der Waals surface area contributed by atoms with Gasteiger partial charge in [0.05, 0.1) is 0 Å². The van der Waals surface area contributed by atoms with E-state index >= 15 is 0 Å². The highest BCUT2D eigenvalue weighted by Gasteiger charge is 2.31. The molecule has 0 aliphatic heterocycles. The van der Waals surface area contributed by atoms with Crippen molar-refractivity contribution in [1.29, 1.82) is 0 Å². The van der Waals surface area contributed by atoms with Crippen molar-refractivity contribution in [1.82, 2.24) is 5.32 Å². The van der Waals surface area contributed by atoms with E-state index in [-0.39, 0.29) is 23.5 Å². The van der Waals surface area contributed by atoms with Gasteiger partial charge in [-0.2, -0.15) is 13.2 Å². The number of benzene rings is 1. The van der Waals surface area contributed by atoms with Crippen LogP contribution in [0.15, 0.2) is 24.3 Å². The van der Waals surface area contributed by atoms with Gasteiger partial charge in [-0.15, -0.1) is 0 Å². The fraction of sp³-hybridized carbons (Fsp3) is 0.529. The fourth-order valence-electron chi connectivity index (χ4n) is 2.93. The highest BCUT2D eigenvalue weighted by molar-refractivity contribution is 5.97. The Morgan fingerprint density at radius 3 is 2.32 bits per heavy atom. The summed E-state index contributed by atoms with van der Waals surface area (Å²) in [5.41, 5.74) is 0.428. The summed E-state index contributed by atoms with van der Waals surface area (Å²) in [5, 5.41) is 5.38. The second-order valence-electron chi connectivity index (χ2n) is 6.14. The van der Waals surface area contributed by atoms with Crippen LogP contribution in [0, 0.1) is 5.92 Å². The van der Waals surface area contributed by atoms with Gasteiger partial charge in [-0.05, 0) is 43.0 Å². The zero-order chi connectivity index (χ0) is 18.4. The minimum Gasteiger partial charge on any atom is -0.484 e. The van der Waals surface area contributed by atoms with Crippen molar-refractivity contribution in [3.05, 3.63) is 24.3 Å². The molecule has 1 fully saturated rings. The van der Waals surface area contributed by atoms with Gasteiger partial charge in [-0.3, -0.25) is 9.59 Å². The first-order valence-electron chi connectivity index (χ1n) is 8.12. The van der Waals surface area contributed by atoms with Crippen LogP contribution in [0.4, 0.5) is 18.9 Å². The van der Waals surface area contributed by atoms with Crippen molar-refractivity contribution in [2.24, 2.45) is 5.92 Å². The lowest BCUT2D eigenvalue weighted by molar-refractivity contribution is -0.153. The molecule has 8 heteroatoms. The summed E-state index contributed by atoms with van der Waals surface area (Å²) in [5.74, 6) is -0.447. The zero-order valence-corrected chi connectivity index (χ0v) is 13.9. The van der Waals surface area contributed by atoms with E-state index in [0.29, 0.717) is 5.69 Å². The van der Waals surface area contributed by atoms with Gasteiger partial charge in [-0.25, -0.2) is 0 Å². The second kappa shape index (κ2) is 8.22. The van der Waals surface area contributed by atoms with Crippen molar-refractivity contribution in [2.75, 3.05) is 11.9 Å². The smallest absolute Gasteiger partial charge is 0.422 e. The van der Waals surface area contributed by atoms with Crippen LogP contribution in [0.5, 0.6) is 5.75 Å². The van der Waals surface area contributed by atoms with E-state index in [4.69, 9.17) is 0 Å². The summed E-state index contributed by atoms with van der Waals surface area (Å²) < 4.78 is 41.0. The van der Waals surface area contributed by atoms with Crippen LogP contribution in [-0.2, 0) is 9.59 Å². The predicted molar refractivity (Wildman–Crippen MR) is 86.2 cm³/mol. The monoisotopic (exact) mass is 358 g/mol. The Hall–Kier alpha value is -2.25. The molecule has 2 rings (SSSR count). The first kappa shape index (κ1) is 19.1. The number of nitrogens with one attached hydrogen (secondary N) is 2. The van der Waals surface area contributed by atoms with Gasteiger partial charge < -0.3 is 15.4 Å². The van der Waals surface area contributed by atoms with Crippen LogP contribution < -0.4 is 15.4 Å². The molecule has 0 aromatic heterocycles. The number of ether oxygens (including phenoxy) is 1. The highest BCUT2D eigenvalue weighted by atomic mass is 19.4. The van der Waals surface area contributed by atoms with Crippen LogP contribution in [0.3, 0.4) is 0 Å². The molecule has 1 aliphatic rings. The van der Waals surface area contributed by atoms with E-state index in [9.17, 15) is 22.8 Å². The van der Waals surface area contributed by atoms with E-state index in [2.05, 4.69) is 15.4 Å². The molecule has 0 spiro atoms. The molecule has 1 atom stereocenters. The number of rotatable bonds is 6. The van der Waals surface area contributed by atoms with Crippen LogP contribution in [0.1, 0.15) is 32.6 Å². The summed E-state index contributed by atoms with van der Waals surface area (Å²) in [6, 6.07) is 5.02. The molecule has 1 unspecified atom stereocenters. The lowest BCUT2D eigenvalue weighted by Crippen LogP contribution is -2.47. The third-order valence-corrected chi connectivity index (χ3v) is 4.04. The van der Waals surface area contributed by atoms with Gasteiger partial charge in [-0.1, -0.05) is 12.8 Å². The molecular weight excluding hydrogens is 337 g/mol. The average Bonchev–Trinajstić information content (AvgIpc) is 3.05. The van der Waals surface area contributed by atoms with Crippen molar-refractivity contribution < 1.29 is 27.5 Å². The van der Waals surface area contributed by atoms with Gasteiger partial charge in [0.1, 0.15) is 11.8 Å². The molecule has 1 aliphatic carbocycles. The summed E-state index contributed by atoms with van der Waals surface area (Å²) in [6.45, 7) is -0.00694. The average molecular weight is 358 g/mol. The van der Waals surface area contributed by atoms with Gasteiger partial charge in [0.15, 0.2) is 6.61 Å². The minimum atomic E-state index is -4.40. The molecule has 0 saturated heterocycles. The molecule has 0 heterocycles. The largest absolute Gasteiger partial charge is 0.484 e. The van der Waals surface area contributed by atoms with E-state index in [1.54, 1.807) is 0 Å². The normalized spacial score (nSPS) is 16.3. The molecule has 1 aromatic rings. The molecule has 138 valence electrons. The maximum absolute atomic E-state index is 12.5. The van der Waals surface area contributed by atoms with E-state index < -0.39 is 18.8 Å². The molecule has 0 radical (unpaired) electrons. The number of amides is 2. The van der Waals surface area contributed by atoms with Crippen molar-refractivity contribution >= 4 is 17.5 Å². The zero-order valence-electron chi connectivity index (χ0n) is 13.9. The van der Waals surface area contributed by atoms with Crippen molar-refractivity contribution in [3.63, 3.8) is 0 Å². The SMILES string of the molecule is CC(=O)NC(C(=O)Nc1ccc(OCC(F)(F)F)cc1)C1CCCC1.